The van der Waals surface area contributed by atoms with Gasteiger partial charge in [-0.1, -0.05) is 0 Å². The fraction of sp³-hybridized carbons (Fsp3) is 0.526. The van der Waals surface area contributed by atoms with Gasteiger partial charge in [0.1, 0.15) is 5.60 Å². The minimum Gasteiger partial charge on any atom is -0.444 e. The summed E-state index contributed by atoms with van der Waals surface area (Å²) in [4.78, 5) is 11.9. The van der Waals surface area contributed by atoms with Gasteiger partial charge < -0.3 is 15.4 Å². The third-order valence-electron chi connectivity index (χ3n) is 4.27. The van der Waals surface area contributed by atoms with Gasteiger partial charge in [0.25, 0.3) is 0 Å². The van der Waals surface area contributed by atoms with Gasteiger partial charge in [-0.25, -0.2) is 4.79 Å². The van der Waals surface area contributed by atoms with Crippen LogP contribution in [-0.4, -0.2) is 23.8 Å². The first-order valence-corrected chi connectivity index (χ1v) is 9.50. The predicted molar refractivity (Wildman–Crippen MR) is 101 cm³/mol. The molecule has 2 aromatic rings. The molecular formula is C19H26N2O2S. The van der Waals surface area contributed by atoms with Crippen LogP contribution in [0.15, 0.2) is 29.6 Å². The fourth-order valence-corrected chi connectivity index (χ4v) is 3.92. The van der Waals surface area contributed by atoms with E-state index >= 15 is 0 Å². The van der Waals surface area contributed by atoms with Crippen LogP contribution in [0.4, 0.5) is 10.5 Å². The summed E-state index contributed by atoms with van der Waals surface area (Å²) in [5, 5.41) is 10.1. The topological polar surface area (TPSA) is 50.4 Å². The number of hydrogen-bond acceptors (Lipinski definition) is 4. The molecule has 1 aliphatic rings. The summed E-state index contributed by atoms with van der Waals surface area (Å²) in [6.07, 6.45) is 3.78. The van der Waals surface area contributed by atoms with Gasteiger partial charge in [-0.2, -0.15) is 0 Å². The minimum absolute atomic E-state index is 0.220. The van der Waals surface area contributed by atoms with E-state index in [1.165, 1.54) is 15.8 Å². The minimum atomic E-state index is -0.441. The van der Waals surface area contributed by atoms with Crippen molar-refractivity contribution in [3.63, 3.8) is 0 Å². The van der Waals surface area contributed by atoms with Crippen molar-refractivity contribution in [1.29, 1.82) is 0 Å². The van der Waals surface area contributed by atoms with Crippen molar-refractivity contribution in [1.82, 2.24) is 5.32 Å². The number of nitrogens with one attached hydrogen (secondary N) is 2. The van der Waals surface area contributed by atoms with Crippen molar-refractivity contribution in [3.8, 4) is 0 Å². The summed E-state index contributed by atoms with van der Waals surface area (Å²) < 4.78 is 6.66. The third-order valence-corrected chi connectivity index (χ3v) is 5.17. The second-order valence-electron chi connectivity index (χ2n) is 7.51. The predicted octanol–water partition coefficient (Wildman–Crippen LogP) is 5.15. The Labute approximate surface area is 147 Å². The molecule has 1 aromatic carbocycles. The highest BCUT2D eigenvalue weighted by atomic mass is 32.1. The molecule has 1 aromatic heterocycles. The molecule has 0 aliphatic heterocycles. The van der Waals surface area contributed by atoms with Crippen LogP contribution in [0.3, 0.4) is 0 Å². The molecule has 2 N–H and O–H groups in total. The molecule has 4 nitrogen and oxygen atoms in total. The molecule has 1 aliphatic carbocycles. The van der Waals surface area contributed by atoms with E-state index in [9.17, 15) is 4.79 Å². The number of carbonyl (C=O) groups excluding carboxylic acids is 1. The molecule has 1 amide bonds. The highest BCUT2D eigenvalue weighted by Gasteiger charge is 2.24. The molecular weight excluding hydrogens is 320 g/mol. The fourth-order valence-electron chi connectivity index (χ4n) is 3.15. The van der Waals surface area contributed by atoms with Crippen molar-refractivity contribution in [2.45, 2.75) is 64.1 Å². The zero-order valence-electron chi connectivity index (χ0n) is 14.6. The van der Waals surface area contributed by atoms with Gasteiger partial charge in [-0.15, -0.1) is 11.3 Å². The lowest BCUT2D eigenvalue weighted by Gasteiger charge is -2.31. The number of carbonyl (C=O) groups is 1. The second kappa shape index (κ2) is 7.01. The Morgan fingerprint density at radius 2 is 1.83 bits per heavy atom. The molecule has 1 heterocycles. The molecule has 0 saturated heterocycles. The first-order valence-electron chi connectivity index (χ1n) is 8.62. The molecule has 1 fully saturated rings. The maximum atomic E-state index is 11.9. The maximum absolute atomic E-state index is 11.9. The molecule has 3 rings (SSSR count). The average molecular weight is 346 g/mol. The van der Waals surface area contributed by atoms with Gasteiger partial charge in [0.05, 0.1) is 0 Å². The number of thiophene rings is 1. The van der Waals surface area contributed by atoms with E-state index in [1.54, 1.807) is 11.3 Å². The number of fused-ring (bicyclic) bond motifs is 1. The molecule has 5 heteroatoms. The van der Waals surface area contributed by atoms with E-state index in [4.69, 9.17) is 4.74 Å². The van der Waals surface area contributed by atoms with Crippen molar-refractivity contribution in [2.24, 2.45) is 0 Å². The first-order chi connectivity index (χ1) is 11.4. The average Bonchev–Trinajstić information content (AvgIpc) is 2.95. The standard InChI is InChI=1S/C19H26N2O2S/c1-19(2,3)23-18(22)21-15-6-4-14(5-7-15)20-16-8-9-17-13(12-16)10-11-24-17/h8-12,14-15,20H,4-7H2,1-3H3,(H,21,22). The Morgan fingerprint density at radius 1 is 1.12 bits per heavy atom. The van der Waals surface area contributed by atoms with Crippen LogP contribution in [0.5, 0.6) is 0 Å². The number of anilines is 1. The van der Waals surface area contributed by atoms with Crippen molar-refractivity contribution >= 4 is 33.2 Å². The lowest BCUT2D eigenvalue weighted by molar-refractivity contribution is 0.0492. The lowest BCUT2D eigenvalue weighted by Crippen LogP contribution is -2.42. The van der Waals surface area contributed by atoms with Crippen molar-refractivity contribution in [3.05, 3.63) is 29.6 Å². The van der Waals surface area contributed by atoms with Crippen LogP contribution < -0.4 is 10.6 Å². The van der Waals surface area contributed by atoms with Gasteiger partial charge in [0.15, 0.2) is 0 Å². The SMILES string of the molecule is CC(C)(C)OC(=O)NC1CCC(Nc2ccc3sccc3c2)CC1. The summed E-state index contributed by atoms with van der Waals surface area (Å²) in [5.74, 6) is 0. The van der Waals surface area contributed by atoms with Gasteiger partial charge in [-0.05, 0) is 81.5 Å². The molecule has 0 atom stereocenters. The normalized spacial score (nSPS) is 21.5. The summed E-state index contributed by atoms with van der Waals surface area (Å²) in [6.45, 7) is 5.66. The van der Waals surface area contributed by atoms with Crippen molar-refractivity contribution in [2.75, 3.05) is 5.32 Å². The quantitative estimate of drug-likeness (QED) is 0.808. The largest absolute Gasteiger partial charge is 0.444 e. The van der Waals surface area contributed by atoms with Gasteiger partial charge in [0, 0.05) is 22.5 Å². The lowest BCUT2D eigenvalue weighted by atomic mass is 9.91. The number of benzene rings is 1. The molecule has 0 spiro atoms. The van der Waals surface area contributed by atoms with E-state index < -0.39 is 5.60 Å². The Kier molecular flexibility index (Phi) is 4.99. The third kappa shape index (κ3) is 4.63. The van der Waals surface area contributed by atoms with E-state index in [-0.39, 0.29) is 12.1 Å². The zero-order valence-corrected chi connectivity index (χ0v) is 15.4. The number of hydrogen-bond donors (Lipinski definition) is 2. The van der Waals surface area contributed by atoms with Crippen molar-refractivity contribution < 1.29 is 9.53 Å². The van der Waals surface area contributed by atoms with E-state index in [0.29, 0.717) is 6.04 Å². The summed E-state index contributed by atoms with van der Waals surface area (Å²) in [7, 11) is 0. The Balaban J connectivity index is 1.47. The van der Waals surface area contributed by atoms with E-state index in [1.807, 2.05) is 20.8 Å². The monoisotopic (exact) mass is 346 g/mol. The van der Waals surface area contributed by atoms with Crippen LogP contribution in [0.1, 0.15) is 46.5 Å². The van der Waals surface area contributed by atoms with Crippen LogP contribution in [-0.2, 0) is 4.74 Å². The van der Waals surface area contributed by atoms with Crippen LogP contribution in [0.2, 0.25) is 0 Å². The first kappa shape index (κ1) is 17.1. The highest BCUT2D eigenvalue weighted by molar-refractivity contribution is 7.17. The molecule has 0 bridgehead atoms. The summed E-state index contributed by atoms with van der Waals surface area (Å²) in [6, 6.07) is 9.40. The van der Waals surface area contributed by atoms with E-state index in [0.717, 1.165) is 25.7 Å². The Morgan fingerprint density at radius 3 is 2.54 bits per heavy atom. The molecule has 0 radical (unpaired) electrons. The maximum Gasteiger partial charge on any atom is 0.407 e. The van der Waals surface area contributed by atoms with E-state index in [2.05, 4.69) is 40.3 Å². The number of amides is 1. The van der Waals surface area contributed by atoms with Gasteiger partial charge >= 0.3 is 6.09 Å². The summed E-state index contributed by atoms with van der Waals surface area (Å²) in [5.41, 5.74) is 0.743. The highest BCUT2D eigenvalue weighted by Crippen LogP contribution is 2.27. The second-order valence-corrected chi connectivity index (χ2v) is 8.46. The number of alkyl carbamates (subject to hydrolysis) is 1. The van der Waals surface area contributed by atoms with Gasteiger partial charge in [-0.3, -0.25) is 0 Å². The Hall–Kier alpha value is -1.75. The summed E-state index contributed by atoms with van der Waals surface area (Å²) >= 11 is 1.77. The Bertz CT molecular complexity index is 697. The smallest absolute Gasteiger partial charge is 0.407 e. The van der Waals surface area contributed by atoms with Gasteiger partial charge in [0.2, 0.25) is 0 Å². The molecule has 24 heavy (non-hydrogen) atoms. The van der Waals surface area contributed by atoms with Crippen LogP contribution in [0.25, 0.3) is 10.1 Å². The molecule has 1 saturated carbocycles. The molecule has 0 unspecified atom stereocenters. The van der Waals surface area contributed by atoms with Crippen LogP contribution in [0, 0.1) is 0 Å². The number of ether oxygens (including phenoxy) is 1. The zero-order chi connectivity index (χ0) is 17.2. The molecule has 130 valence electrons. The van der Waals surface area contributed by atoms with Crippen LogP contribution >= 0.6 is 11.3 Å². The number of rotatable bonds is 3.